The molecule has 9 rings (SSSR count). The lowest BCUT2D eigenvalue weighted by Crippen LogP contribution is -2.51. The highest BCUT2D eigenvalue weighted by atomic mass is 32.1. The van der Waals surface area contributed by atoms with Crippen LogP contribution in [0.5, 0.6) is 0 Å². The maximum absolute atomic E-state index is 13.9. The molecule has 6 aromatic rings. The van der Waals surface area contributed by atoms with Gasteiger partial charge in [0, 0.05) is 71.8 Å². The molecule has 16 heteroatoms. The highest BCUT2D eigenvalue weighted by Crippen LogP contribution is 2.47. The number of aliphatic hydroxyl groups excluding tert-OH is 1. The van der Waals surface area contributed by atoms with E-state index in [1.165, 1.54) is 45.9 Å². The van der Waals surface area contributed by atoms with E-state index in [1.54, 1.807) is 45.3 Å². The van der Waals surface area contributed by atoms with Gasteiger partial charge < -0.3 is 30.5 Å². The van der Waals surface area contributed by atoms with Crippen molar-refractivity contribution in [1.82, 2.24) is 30.4 Å². The van der Waals surface area contributed by atoms with Crippen LogP contribution in [0, 0.1) is 5.92 Å². The van der Waals surface area contributed by atoms with Gasteiger partial charge in [0.2, 0.25) is 23.6 Å². The minimum Gasteiger partial charge on any atom is -0.387 e. The maximum atomic E-state index is 13.9. The molecule has 12 nitrogen and oxygen atoms in total. The fourth-order valence-electron chi connectivity index (χ4n) is 8.54. The molecule has 0 spiro atoms. The second-order valence-corrected chi connectivity index (χ2v) is 20.2. The van der Waals surface area contributed by atoms with Gasteiger partial charge in [-0.2, -0.15) is 0 Å². The number of likely N-dealkylation sites (tertiary alicyclic amines) is 2. The molecule has 2 saturated heterocycles. The van der Waals surface area contributed by atoms with Crippen LogP contribution in [0.15, 0.2) is 72.0 Å². The van der Waals surface area contributed by atoms with Crippen molar-refractivity contribution in [2.45, 2.75) is 77.0 Å². The summed E-state index contributed by atoms with van der Waals surface area (Å²) in [5, 5.41) is 14.8. The van der Waals surface area contributed by atoms with Crippen LogP contribution in [-0.2, 0) is 19.2 Å². The first-order valence-corrected chi connectivity index (χ1v) is 23.5. The number of carbonyl (C=O) groups excluding carboxylic acids is 4. The Kier molecular flexibility index (Phi) is 11.3. The van der Waals surface area contributed by atoms with E-state index in [1.807, 2.05) is 66.4 Å². The monoisotopic (exact) mass is 879 g/mol. The number of aromatic amines is 1. The molecule has 4 amide bonds. The van der Waals surface area contributed by atoms with Crippen LogP contribution in [0.1, 0.15) is 81.2 Å². The number of fused-ring (bicyclic) bond motifs is 2. The van der Waals surface area contributed by atoms with Gasteiger partial charge in [-0.1, -0.05) is 44.2 Å². The summed E-state index contributed by atoms with van der Waals surface area (Å²) in [6.07, 6.45) is 7.90. The van der Waals surface area contributed by atoms with Crippen LogP contribution in [-0.4, -0.2) is 86.0 Å². The minimum atomic E-state index is -0.725. The Balaban J connectivity index is 0.852. The Morgan fingerprint density at radius 3 is 2.07 bits per heavy atom. The first kappa shape index (κ1) is 40.4. The van der Waals surface area contributed by atoms with E-state index in [-0.39, 0.29) is 35.7 Å². The largest absolute Gasteiger partial charge is 0.387 e. The molecule has 0 bridgehead atoms. The SMILES string of the molecule is CC(=O)N[C@@H](C(=O)N1CCCC1C1=NC=C(c2cc3sc(-c4cc5sc(-c6cnc([C@@H]7CCCN7C(=O)[C@@H](NC(=O)CO)C(C)C)[nH]6)cc5s4)cc3s2)C1)c1ccccc1. The summed E-state index contributed by atoms with van der Waals surface area (Å²) < 4.78 is 4.91. The second kappa shape index (κ2) is 16.8. The fourth-order valence-corrected chi connectivity index (χ4v) is 13.4. The average Bonchev–Trinajstić information content (AvgIpc) is 4.07. The lowest BCUT2D eigenvalue weighted by Gasteiger charge is -2.30. The number of allylic oxidation sites excluding steroid dienone is 1. The number of carbonyl (C=O) groups is 4. The second-order valence-electron chi connectivity index (χ2n) is 15.9. The standard InChI is InChI=1S/C44H45N7O5S4/c1-23(2)40(49-39(54)22-52)43(55)51-14-8-12-30(51)42-46-21-28(48-42)32-17-34-36(58-32)19-38(60-34)37-18-35-33(59-37)16-31(57-35)26-15-27(45-20-26)29-11-7-13-50(29)44(56)41(47-24(3)53)25-9-5-4-6-10-25/h4-6,9-10,16-21,23,29-30,40-41,52H,7-8,11-15,22H2,1-3H3,(H,46,48)(H,47,53)(H,49,54)/t29?,30-,40-,41+/m0/s1. The van der Waals surface area contributed by atoms with E-state index in [4.69, 9.17) is 9.98 Å². The van der Waals surface area contributed by atoms with Gasteiger partial charge in [-0.05, 0) is 67.0 Å². The number of amides is 4. The average molecular weight is 880 g/mol. The number of aromatic nitrogens is 2. The summed E-state index contributed by atoms with van der Waals surface area (Å²) in [6, 6.07) is 16.8. The number of aliphatic hydroxyl groups is 1. The molecule has 1 aromatic carbocycles. The van der Waals surface area contributed by atoms with Gasteiger partial charge in [-0.15, -0.1) is 45.3 Å². The Bertz CT molecular complexity index is 2600. The highest BCUT2D eigenvalue weighted by molar-refractivity contribution is 7.34. The summed E-state index contributed by atoms with van der Waals surface area (Å²) >= 11 is 7.09. The number of imidazole rings is 1. The molecule has 60 heavy (non-hydrogen) atoms. The molecule has 8 heterocycles. The number of thiophene rings is 4. The lowest BCUT2D eigenvalue weighted by molar-refractivity contribution is -0.139. The number of H-pyrrole nitrogens is 1. The van der Waals surface area contributed by atoms with Crippen molar-refractivity contribution in [3.8, 4) is 20.3 Å². The normalized spacial score (nSPS) is 19.0. The number of rotatable bonds is 12. The van der Waals surface area contributed by atoms with Crippen molar-refractivity contribution < 1.29 is 24.3 Å². The van der Waals surface area contributed by atoms with Crippen molar-refractivity contribution in [2.24, 2.45) is 10.9 Å². The molecule has 3 aliphatic rings. The van der Waals surface area contributed by atoms with Crippen molar-refractivity contribution in [3.63, 3.8) is 0 Å². The summed E-state index contributed by atoms with van der Waals surface area (Å²) in [6.45, 7) is 5.80. The zero-order valence-electron chi connectivity index (χ0n) is 33.4. The van der Waals surface area contributed by atoms with E-state index < -0.39 is 24.6 Å². The van der Waals surface area contributed by atoms with Crippen LogP contribution in [0.2, 0.25) is 0 Å². The topological polar surface area (TPSA) is 160 Å². The third kappa shape index (κ3) is 7.86. The van der Waals surface area contributed by atoms with E-state index >= 15 is 0 Å². The van der Waals surface area contributed by atoms with Crippen molar-refractivity contribution >= 4 is 99.1 Å². The zero-order chi connectivity index (χ0) is 41.7. The van der Waals surface area contributed by atoms with Crippen LogP contribution in [0.4, 0.5) is 0 Å². The van der Waals surface area contributed by atoms with Crippen LogP contribution < -0.4 is 10.6 Å². The predicted octanol–water partition coefficient (Wildman–Crippen LogP) is 8.15. The third-order valence-corrected chi connectivity index (χ3v) is 16.4. The molecular weight excluding hydrogens is 835 g/mol. The molecule has 2 fully saturated rings. The Morgan fingerprint density at radius 2 is 1.42 bits per heavy atom. The van der Waals surface area contributed by atoms with Crippen molar-refractivity contribution in [2.75, 3.05) is 19.7 Å². The molecule has 0 radical (unpaired) electrons. The Hall–Kier alpha value is -5.00. The van der Waals surface area contributed by atoms with E-state index in [2.05, 4.69) is 39.9 Å². The molecule has 0 saturated carbocycles. The van der Waals surface area contributed by atoms with Gasteiger partial charge >= 0.3 is 0 Å². The summed E-state index contributed by atoms with van der Waals surface area (Å²) in [7, 11) is 0. The van der Waals surface area contributed by atoms with E-state index in [0.717, 1.165) is 53.4 Å². The third-order valence-electron chi connectivity index (χ3n) is 11.5. The Labute approximate surface area is 363 Å². The van der Waals surface area contributed by atoms with Gasteiger partial charge in [0.25, 0.3) is 0 Å². The molecule has 3 aliphatic heterocycles. The van der Waals surface area contributed by atoms with Crippen molar-refractivity contribution in [1.29, 1.82) is 0 Å². The van der Waals surface area contributed by atoms with Gasteiger partial charge in [-0.25, -0.2) is 4.98 Å². The molecule has 0 aliphatic carbocycles. The van der Waals surface area contributed by atoms with Gasteiger partial charge in [0.05, 0.1) is 28.9 Å². The van der Waals surface area contributed by atoms with Crippen LogP contribution in [0.3, 0.4) is 0 Å². The predicted molar refractivity (Wildman–Crippen MR) is 241 cm³/mol. The molecule has 1 unspecified atom stereocenters. The van der Waals surface area contributed by atoms with E-state index in [0.29, 0.717) is 19.5 Å². The molecule has 5 aromatic heterocycles. The number of nitrogens with zero attached hydrogens (tertiary/aromatic N) is 4. The summed E-state index contributed by atoms with van der Waals surface area (Å²) in [5.41, 5.74) is 3.87. The molecular formula is C44H45N7O5S4. The number of nitrogens with one attached hydrogen (secondary N) is 3. The molecule has 4 atom stereocenters. The Morgan fingerprint density at radius 1 is 0.817 bits per heavy atom. The van der Waals surface area contributed by atoms with Gasteiger partial charge in [0.15, 0.2) is 0 Å². The highest BCUT2D eigenvalue weighted by Gasteiger charge is 2.39. The number of benzene rings is 1. The number of hydrogen-bond donors (Lipinski definition) is 4. The fraction of sp³-hybridized carbons (Fsp3) is 0.364. The zero-order valence-corrected chi connectivity index (χ0v) is 36.7. The molecule has 310 valence electrons. The number of hydrogen-bond acceptors (Lipinski definition) is 11. The van der Waals surface area contributed by atoms with Gasteiger partial charge in [0.1, 0.15) is 24.5 Å². The van der Waals surface area contributed by atoms with E-state index in [9.17, 15) is 24.3 Å². The smallest absolute Gasteiger partial charge is 0.250 e. The van der Waals surface area contributed by atoms with Gasteiger partial charge in [-0.3, -0.25) is 24.2 Å². The number of aliphatic imine (C=N–C) groups is 1. The molecule has 4 N–H and O–H groups in total. The summed E-state index contributed by atoms with van der Waals surface area (Å²) in [4.78, 5) is 73.1. The van der Waals surface area contributed by atoms with Crippen LogP contribution >= 0.6 is 45.3 Å². The lowest BCUT2D eigenvalue weighted by atomic mass is 10.0. The first-order chi connectivity index (χ1) is 29.0. The quantitative estimate of drug-likeness (QED) is 0.0972. The minimum absolute atomic E-state index is 0.0894. The van der Waals surface area contributed by atoms with Crippen molar-refractivity contribution in [3.05, 3.63) is 83.3 Å². The first-order valence-electron chi connectivity index (χ1n) is 20.3. The van der Waals surface area contributed by atoms with Crippen LogP contribution in [0.25, 0.3) is 44.7 Å². The maximum Gasteiger partial charge on any atom is 0.250 e. The summed E-state index contributed by atoms with van der Waals surface area (Å²) in [5.74, 6) is -0.425.